The van der Waals surface area contributed by atoms with E-state index in [0.717, 1.165) is 9.86 Å². The van der Waals surface area contributed by atoms with Gasteiger partial charge in [-0.2, -0.15) is 0 Å². The Hall–Kier alpha value is -2.03. The Bertz CT molecular complexity index is 953. The van der Waals surface area contributed by atoms with Crippen LogP contribution in [0.15, 0.2) is 22.9 Å². The van der Waals surface area contributed by atoms with Crippen LogP contribution < -0.4 is 10.1 Å². The van der Waals surface area contributed by atoms with Crippen molar-refractivity contribution in [2.24, 2.45) is 10.8 Å². The van der Waals surface area contributed by atoms with Gasteiger partial charge in [-0.05, 0) is 53.2 Å². The van der Waals surface area contributed by atoms with Crippen LogP contribution in [-0.2, 0) is 9.53 Å². The van der Waals surface area contributed by atoms with Crippen LogP contribution in [0.1, 0.15) is 32.6 Å². The average molecular weight is 470 g/mol. The SMILES string of the molecule is CCOC(=O)C1(CNc2ncnc3cc(Br)c(OC)cc23)CC2(CC(F)(F)C2)C1. The Morgan fingerprint density at radius 2 is 1.97 bits per heavy atom. The molecule has 6 nitrogen and oxygen atoms in total. The number of halogens is 3. The molecule has 2 saturated carbocycles. The van der Waals surface area contributed by atoms with Crippen molar-refractivity contribution in [2.45, 2.75) is 38.5 Å². The molecule has 0 radical (unpaired) electrons. The van der Waals surface area contributed by atoms with Crippen molar-refractivity contribution in [2.75, 3.05) is 25.6 Å². The molecular weight excluding hydrogens is 448 g/mol. The summed E-state index contributed by atoms with van der Waals surface area (Å²) in [5.41, 5.74) is -0.549. The minimum atomic E-state index is -2.61. The third kappa shape index (κ3) is 3.53. The molecule has 0 aliphatic heterocycles. The first-order chi connectivity index (χ1) is 13.7. The van der Waals surface area contributed by atoms with E-state index in [1.54, 1.807) is 14.0 Å². The van der Waals surface area contributed by atoms with Crippen molar-refractivity contribution < 1.29 is 23.0 Å². The van der Waals surface area contributed by atoms with Gasteiger partial charge < -0.3 is 14.8 Å². The molecule has 1 heterocycles. The Morgan fingerprint density at radius 3 is 2.59 bits per heavy atom. The fourth-order valence-corrected chi connectivity index (χ4v) is 5.41. The van der Waals surface area contributed by atoms with Gasteiger partial charge in [-0.15, -0.1) is 0 Å². The summed E-state index contributed by atoms with van der Waals surface area (Å²) >= 11 is 3.44. The van der Waals surface area contributed by atoms with Crippen molar-refractivity contribution in [1.82, 2.24) is 9.97 Å². The van der Waals surface area contributed by atoms with Gasteiger partial charge in [0.1, 0.15) is 17.9 Å². The first-order valence-corrected chi connectivity index (χ1v) is 10.3. The molecule has 0 bridgehead atoms. The van der Waals surface area contributed by atoms with Crippen LogP contribution in [0.5, 0.6) is 5.75 Å². The minimum absolute atomic E-state index is 0.150. The van der Waals surface area contributed by atoms with Gasteiger partial charge in [0.25, 0.3) is 0 Å². The molecule has 29 heavy (non-hydrogen) atoms. The molecule has 0 atom stereocenters. The smallest absolute Gasteiger partial charge is 0.313 e. The van der Waals surface area contributed by atoms with Crippen LogP contribution in [-0.4, -0.2) is 42.1 Å². The largest absolute Gasteiger partial charge is 0.496 e. The van der Waals surface area contributed by atoms with Crippen LogP contribution in [0.3, 0.4) is 0 Å². The van der Waals surface area contributed by atoms with E-state index in [4.69, 9.17) is 9.47 Å². The van der Waals surface area contributed by atoms with E-state index in [1.165, 1.54) is 6.33 Å². The van der Waals surface area contributed by atoms with Gasteiger partial charge >= 0.3 is 5.97 Å². The number of benzene rings is 1. The second-order valence-corrected chi connectivity index (χ2v) is 9.00. The quantitative estimate of drug-likeness (QED) is 0.624. The first kappa shape index (κ1) is 20.3. The van der Waals surface area contributed by atoms with E-state index in [1.807, 2.05) is 12.1 Å². The molecule has 0 amide bonds. The van der Waals surface area contributed by atoms with Crippen molar-refractivity contribution in [3.63, 3.8) is 0 Å². The highest BCUT2D eigenvalue weighted by molar-refractivity contribution is 9.10. The number of hydrogen-bond donors (Lipinski definition) is 1. The summed E-state index contributed by atoms with van der Waals surface area (Å²) in [4.78, 5) is 21.2. The van der Waals surface area contributed by atoms with Crippen LogP contribution in [0.4, 0.5) is 14.6 Å². The lowest BCUT2D eigenvalue weighted by Gasteiger charge is -2.61. The van der Waals surface area contributed by atoms with E-state index >= 15 is 0 Å². The molecule has 2 fully saturated rings. The zero-order chi connectivity index (χ0) is 20.9. The monoisotopic (exact) mass is 469 g/mol. The fraction of sp³-hybridized carbons (Fsp3) is 0.550. The zero-order valence-electron chi connectivity index (χ0n) is 16.2. The van der Waals surface area contributed by atoms with Gasteiger partial charge in [-0.3, -0.25) is 4.79 Å². The standard InChI is InChI=1S/C20H22BrF2N3O3/c1-3-29-17(27)19(6-18(7-19)8-20(22,23)9-18)10-24-16-12-4-15(28-2)13(21)5-14(12)25-11-26-16/h4-5,11H,3,6-10H2,1-2H3,(H,24,25,26). The normalized spacial score (nSPS) is 20.6. The van der Waals surface area contributed by atoms with E-state index in [2.05, 4.69) is 31.2 Å². The van der Waals surface area contributed by atoms with Gasteiger partial charge in [0.15, 0.2) is 0 Å². The van der Waals surface area contributed by atoms with Crippen LogP contribution in [0, 0.1) is 10.8 Å². The number of methoxy groups -OCH3 is 1. The summed E-state index contributed by atoms with van der Waals surface area (Å²) in [6, 6.07) is 3.64. The molecular formula is C20H22BrF2N3O3. The molecule has 156 valence electrons. The van der Waals surface area contributed by atoms with Crippen molar-refractivity contribution in [3.05, 3.63) is 22.9 Å². The highest BCUT2D eigenvalue weighted by atomic mass is 79.9. The summed E-state index contributed by atoms with van der Waals surface area (Å²) in [6.45, 7) is 2.27. The van der Waals surface area contributed by atoms with Gasteiger partial charge in [0.05, 0.1) is 29.1 Å². The van der Waals surface area contributed by atoms with Gasteiger partial charge in [0, 0.05) is 24.8 Å². The molecule has 1 aromatic heterocycles. The molecule has 0 unspecified atom stereocenters. The summed E-state index contributed by atoms with van der Waals surface area (Å²) in [5.74, 6) is -1.76. The highest BCUT2D eigenvalue weighted by Crippen LogP contribution is 2.69. The molecule has 2 aromatic rings. The number of esters is 1. The summed E-state index contributed by atoms with van der Waals surface area (Å²) in [6.07, 6.45) is 1.94. The number of nitrogens with zero attached hydrogens (tertiary/aromatic N) is 2. The summed E-state index contributed by atoms with van der Waals surface area (Å²) < 4.78 is 38.2. The van der Waals surface area contributed by atoms with Gasteiger partial charge in [-0.25, -0.2) is 18.7 Å². The summed E-state index contributed by atoms with van der Waals surface area (Å²) in [5, 5.41) is 3.98. The average Bonchev–Trinajstić information content (AvgIpc) is 2.62. The minimum Gasteiger partial charge on any atom is -0.496 e. The number of rotatable bonds is 6. The van der Waals surface area contributed by atoms with Crippen molar-refractivity contribution >= 4 is 38.6 Å². The lowest BCUT2D eigenvalue weighted by molar-refractivity contribution is -0.235. The van der Waals surface area contributed by atoms with Crippen LogP contribution in [0.2, 0.25) is 0 Å². The third-order valence-corrected chi connectivity index (χ3v) is 6.53. The molecule has 9 heteroatoms. The maximum Gasteiger partial charge on any atom is 0.313 e. The van der Waals surface area contributed by atoms with E-state index < -0.39 is 16.8 Å². The second-order valence-electron chi connectivity index (χ2n) is 8.14. The van der Waals surface area contributed by atoms with Crippen molar-refractivity contribution in [1.29, 1.82) is 0 Å². The number of hydrogen-bond acceptors (Lipinski definition) is 6. The third-order valence-electron chi connectivity index (χ3n) is 5.91. The molecule has 1 N–H and O–H groups in total. The van der Waals surface area contributed by atoms with Crippen LogP contribution >= 0.6 is 15.9 Å². The first-order valence-electron chi connectivity index (χ1n) is 9.49. The topological polar surface area (TPSA) is 73.3 Å². The summed E-state index contributed by atoms with van der Waals surface area (Å²) in [7, 11) is 1.57. The molecule has 4 rings (SSSR count). The number of ether oxygens (including phenoxy) is 2. The number of alkyl halides is 2. The molecule has 2 aliphatic carbocycles. The molecule has 1 aromatic carbocycles. The van der Waals surface area contributed by atoms with E-state index in [9.17, 15) is 13.6 Å². The number of nitrogens with one attached hydrogen (secondary N) is 1. The zero-order valence-corrected chi connectivity index (χ0v) is 17.8. The number of carbonyl (C=O) groups is 1. The Balaban J connectivity index is 1.56. The second kappa shape index (κ2) is 7.04. The highest BCUT2D eigenvalue weighted by Gasteiger charge is 2.69. The van der Waals surface area contributed by atoms with Crippen LogP contribution in [0.25, 0.3) is 10.9 Å². The predicted octanol–water partition coefficient (Wildman–Crippen LogP) is 4.57. The molecule has 0 saturated heterocycles. The maximum atomic E-state index is 13.4. The van der Waals surface area contributed by atoms with E-state index in [0.29, 0.717) is 29.9 Å². The Kier molecular flexibility index (Phi) is 4.91. The number of carbonyl (C=O) groups excluding carboxylic acids is 1. The Labute approximate surface area is 175 Å². The number of anilines is 1. The number of fused-ring (bicyclic) bond motifs is 1. The number of aromatic nitrogens is 2. The fourth-order valence-electron chi connectivity index (χ4n) is 4.91. The van der Waals surface area contributed by atoms with Gasteiger partial charge in [-0.1, -0.05) is 0 Å². The predicted molar refractivity (Wildman–Crippen MR) is 107 cm³/mol. The lowest BCUT2D eigenvalue weighted by atomic mass is 9.44. The Morgan fingerprint density at radius 1 is 1.24 bits per heavy atom. The van der Waals surface area contributed by atoms with Gasteiger partial charge in [0.2, 0.25) is 5.92 Å². The van der Waals surface area contributed by atoms with Crippen molar-refractivity contribution in [3.8, 4) is 5.75 Å². The lowest BCUT2D eigenvalue weighted by Crippen LogP contribution is -2.63. The van der Waals surface area contributed by atoms with E-state index in [-0.39, 0.29) is 32.0 Å². The molecule has 1 spiro atoms. The maximum absolute atomic E-state index is 13.4. The molecule has 2 aliphatic rings.